The molecule has 0 radical (unpaired) electrons. The molecule has 0 aliphatic heterocycles. The largest absolute Gasteiger partial charge is 0.300 e. The summed E-state index contributed by atoms with van der Waals surface area (Å²) in [5.41, 5.74) is 1.11. The normalized spacial score (nSPS) is 10.1. The zero-order valence-electron chi connectivity index (χ0n) is 9.98. The fourth-order valence-corrected chi connectivity index (χ4v) is 1.70. The number of hydrogen-bond donors (Lipinski definition) is 0. The van der Waals surface area contributed by atoms with E-state index in [4.69, 9.17) is 0 Å². The molecule has 1 amide bonds. The molecule has 0 spiro atoms. The number of amides is 1. The molecule has 0 aliphatic rings. The lowest BCUT2D eigenvalue weighted by Crippen LogP contribution is -2.23. The van der Waals surface area contributed by atoms with Crippen molar-refractivity contribution in [1.29, 1.82) is 0 Å². The van der Waals surface area contributed by atoms with Crippen LogP contribution >= 0.6 is 0 Å². The van der Waals surface area contributed by atoms with E-state index < -0.39 is 0 Å². The second kappa shape index (κ2) is 5.27. The van der Waals surface area contributed by atoms with Gasteiger partial charge in [-0.2, -0.15) is 5.10 Å². The smallest absolute Gasteiger partial charge is 0.215 e. The number of carbonyl (C=O) groups is 2. The molecule has 5 heteroatoms. The van der Waals surface area contributed by atoms with Gasteiger partial charge in [-0.05, 0) is 19.1 Å². The number of carbonyl (C=O) groups excluding carboxylic acids is 2. The van der Waals surface area contributed by atoms with Gasteiger partial charge in [0.1, 0.15) is 11.5 Å². The highest BCUT2D eigenvalue weighted by molar-refractivity contribution is 5.79. The van der Waals surface area contributed by atoms with Crippen LogP contribution in [0.4, 0.5) is 5.82 Å². The van der Waals surface area contributed by atoms with Gasteiger partial charge >= 0.3 is 0 Å². The highest BCUT2D eigenvalue weighted by Crippen LogP contribution is 2.19. The van der Waals surface area contributed by atoms with E-state index in [1.165, 1.54) is 4.90 Å². The van der Waals surface area contributed by atoms with E-state index in [1.807, 2.05) is 37.3 Å². The summed E-state index contributed by atoms with van der Waals surface area (Å²) in [5.74, 6) is 0.584. The Hall–Kier alpha value is -2.43. The van der Waals surface area contributed by atoms with Gasteiger partial charge in [-0.25, -0.2) is 4.68 Å². The molecular formula is C13H13N3O2. The van der Waals surface area contributed by atoms with Crippen molar-refractivity contribution < 1.29 is 9.59 Å². The van der Waals surface area contributed by atoms with Crippen molar-refractivity contribution in [2.75, 3.05) is 11.4 Å². The van der Waals surface area contributed by atoms with Crippen LogP contribution in [0.3, 0.4) is 0 Å². The summed E-state index contributed by atoms with van der Waals surface area (Å²) in [6, 6.07) is 11.0. The van der Waals surface area contributed by atoms with Crippen molar-refractivity contribution in [2.45, 2.75) is 6.92 Å². The van der Waals surface area contributed by atoms with Crippen LogP contribution < -0.4 is 4.90 Å². The first kappa shape index (κ1) is 12.0. The molecule has 5 nitrogen and oxygen atoms in total. The van der Waals surface area contributed by atoms with Crippen LogP contribution in [0.15, 0.2) is 36.4 Å². The minimum absolute atomic E-state index is 0.300. The maximum Gasteiger partial charge on any atom is 0.215 e. The van der Waals surface area contributed by atoms with Gasteiger partial charge in [-0.15, -0.1) is 0 Å². The van der Waals surface area contributed by atoms with Crippen molar-refractivity contribution in [2.24, 2.45) is 0 Å². The Labute approximate surface area is 105 Å². The average molecular weight is 243 g/mol. The van der Waals surface area contributed by atoms with Crippen LogP contribution in [0.1, 0.15) is 17.4 Å². The fourth-order valence-electron chi connectivity index (χ4n) is 1.70. The molecule has 92 valence electrons. The summed E-state index contributed by atoms with van der Waals surface area (Å²) in [7, 11) is 0. The molecule has 18 heavy (non-hydrogen) atoms. The highest BCUT2D eigenvalue weighted by Gasteiger charge is 2.14. The molecule has 1 aromatic carbocycles. The number of rotatable bonds is 5. The predicted octanol–water partition coefficient (Wildman–Crippen LogP) is 1.67. The van der Waals surface area contributed by atoms with E-state index in [0.29, 0.717) is 24.3 Å². The Kier molecular flexibility index (Phi) is 3.52. The van der Waals surface area contributed by atoms with E-state index in [0.717, 1.165) is 12.1 Å². The van der Waals surface area contributed by atoms with Crippen LogP contribution in [0, 0.1) is 0 Å². The number of anilines is 1. The Morgan fingerprint density at radius 3 is 2.56 bits per heavy atom. The summed E-state index contributed by atoms with van der Waals surface area (Å²) < 4.78 is 1.58. The third-order valence-electron chi connectivity index (χ3n) is 2.59. The fraction of sp³-hybridized carbons (Fsp3) is 0.154. The van der Waals surface area contributed by atoms with Gasteiger partial charge in [0.2, 0.25) is 6.41 Å². The maximum absolute atomic E-state index is 11.0. The third-order valence-corrected chi connectivity index (χ3v) is 2.59. The lowest BCUT2D eigenvalue weighted by atomic mass is 10.3. The Balaban J connectivity index is 2.55. The summed E-state index contributed by atoms with van der Waals surface area (Å²) in [4.78, 5) is 23.3. The SMILES string of the molecule is CCN(C=O)c1cc(C=O)nn1-c1ccccc1. The van der Waals surface area contributed by atoms with E-state index in [2.05, 4.69) is 5.10 Å². The van der Waals surface area contributed by atoms with Gasteiger partial charge in [-0.3, -0.25) is 14.5 Å². The van der Waals surface area contributed by atoms with E-state index >= 15 is 0 Å². The molecule has 0 aliphatic carbocycles. The first-order chi connectivity index (χ1) is 8.80. The standard InChI is InChI=1S/C13H13N3O2/c1-2-15(10-18)13-8-11(9-17)14-16(13)12-6-4-3-5-7-12/h3-10H,2H2,1H3. The molecular weight excluding hydrogens is 230 g/mol. The molecule has 0 saturated carbocycles. The second-order valence-electron chi connectivity index (χ2n) is 3.68. The van der Waals surface area contributed by atoms with Gasteiger partial charge in [-0.1, -0.05) is 18.2 Å². The number of benzene rings is 1. The highest BCUT2D eigenvalue weighted by atomic mass is 16.1. The van der Waals surface area contributed by atoms with Crippen LogP contribution in [-0.4, -0.2) is 29.0 Å². The van der Waals surface area contributed by atoms with Gasteiger partial charge in [0.15, 0.2) is 6.29 Å². The predicted molar refractivity (Wildman–Crippen MR) is 68.0 cm³/mol. The first-order valence-electron chi connectivity index (χ1n) is 5.62. The Morgan fingerprint density at radius 1 is 1.28 bits per heavy atom. The molecule has 1 heterocycles. The molecule has 0 N–H and O–H groups in total. The summed E-state index contributed by atoms with van der Waals surface area (Å²) in [6.07, 6.45) is 1.40. The number of hydrogen-bond acceptors (Lipinski definition) is 3. The average Bonchev–Trinajstić information content (AvgIpc) is 2.85. The second-order valence-corrected chi connectivity index (χ2v) is 3.68. The topological polar surface area (TPSA) is 55.2 Å². The summed E-state index contributed by atoms with van der Waals surface area (Å²) in [6.45, 7) is 2.37. The molecule has 2 rings (SSSR count). The van der Waals surface area contributed by atoms with Crippen LogP contribution in [0.25, 0.3) is 5.69 Å². The molecule has 2 aromatic rings. The van der Waals surface area contributed by atoms with Crippen molar-refractivity contribution in [3.8, 4) is 5.69 Å². The molecule has 1 aromatic heterocycles. The zero-order chi connectivity index (χ0) is 13.0. The monoisotopic (exact) mass is 243 g/mol. The van der Waals surface area contributed by atoms with Gasteiger partial charge in [0, 0.05) is 12.6 Å². The van der Waals surface area contributed by atoms with Gasteiger partial charge in [0.05, 0.1) is 5.69 Å². The Morgan fingerprint density at radius 2 is 2.00 bits per heavy atom. The quantitative estimate of drug-likeness (QED) is 0.750. The third kappa shape index (κ3) is 2.15. The molecule has 0 fully saturated rings. The van der Waals surface area contributed by atoms with E-state index in [-0.39, 0.29) is 0 Å². The number of nitrogens with zero attached hydrogens (tertiary/aromatic N) is 3. The minimum atomic E-state index is 0.300. The van der Waals surface area contributed by atoms with Crippen molar-refractivity contribution in [3.05, 3.63) is 42.1 Å². The molecule has 0 atom stereocenters. The number of aldehydes is 1. The maximum atomic E-state index is 11.0. The van der Waals surface area contributed by atoms with Crippen molar-refractivity contribution in [1.82, 2.24) is 9.78 Å². The summed E-state index contributed by atoms with van der Waals surface area (Å²) >= 11 is 0. The number of aromatic nitrogens is 2. The summed E-state index contributed by atoms with van der Waals surface area (Å²) in [5, 5.41) is 4.16. The molecule has 0 bridgehead atoms. The van der Waals surface area contributed by atoms with Crippen molar-refractivity contribution >= 4 is 18.5 Å². The zero-order valence-corrected chi connectivity index (χ0v) is 9.98. The molecule has 0 unspecified atom stereocenters. The van der Waals surface area contributed by atoms with Crippen LogP contribution in [-0.2, 0) is 4.79 Å². The van der Waals surface area contributed by atoms with Crippen LogP contribution in [0.2, 0.25) is 0 Å². The number of para-hydroxylation sites is 1. The van der Waals surface area contributed by atoms with E-state index in [9.17, 15) is 9.59 Å². The van der Waals surface area contributed by atoms with Crippen molar-refractivity contribution in [3.63, 3.8) is 0 Å². The van der Waals surface area contributed by atoms with E-state index in [1.54, 1.807) is 10.7 Å². The van der Waals surface area contributed by atoms with Gasteiger partial charge < -0.3 is 0 Å². The lowest BCUT2D eigenvalue weighted by Gasteiger charge is -2.16. The first-order valence-corrected chi connectivity index (χ1v) is 5.62. The van der Waals surface area contributed by atoms with Gasteiger partial charge in [0.25, 0.3) is 0 Å². The molecule has 0 saturated heterocycles. The van der Waals surface area contributed by atoms with Crippen LogP contribution in [0.5, 0.6) is 0 Å². The Bertz CT molecular complexity index is 549. The lowest BCUT2D eigenvalue weighted by molar-refractivity contribution is -0.107. The minimum Gasteiger partial charge on any atom is -0.300 e.